The number of aromatic nitrogens is 1. The minimum absolute atomic E-state index is 0.241. The summed E-state index contributed by atoms with van der Waals surface area (Å²) in [4.78, 5) is 16.3. The maximum atomic E-state index is 11.7. The predicted octanol–water partition coefficient (Wildman–Crippen LogP) is 4.83. The smallest absolute Gasteiger partial charge is 0.312 e. The lowest BCUT2D eigenvalue weighted by atomic mass is 9.99. The van der Waals surface area contributed by atoms with Gasteiger partial charge in [0.25, 0.3) is 0 Å². The van der Waals surface area contributed by atoms with Gasteiger partial charge in [0.05, 0.1) is 24.2 Å². The fourth-order valence-electron chi connectivity index (χ4n) is 2.51. The first kappa shape index (κ1) is 15.5. The zero-order chi connectivity index (χ0) is 16.4. The highest BCUT2D eigenvalue weighted by atomic mass is 35.5. The average Bonchev–Trinajstić information content (AvgIpc) is 2.60. The Kier molecular flexibility index (Phi) is 4.30. The maximum Gasteiger partial charge on any atom is 0.312 e. The topological polar surface area (TPSA) is 39.2 Å². The molecule has 0 saturated carbocycles. The van der Waals surface area contributed by atoms with Crippen LogP contribution in [0.25, 0.3) is 22.2 Å². The Morgan fingerprint density at radius 3 is 2.52 bits per heavy atom. The number of pyridine rings is 1. The molecule has 3 rings (SSSR count). The lowest BCUT2D eigenvalue weighted by Gasteiger charge is -2.11. The zero-order valence-electron chi connectivity index (χ0n) is 12.9. The molecule has 1 atom stereocenters. The third-order valence-electron chi connectivity index (χ3n) is 3.91. The number of benzene rings is 2. The number of carbonyl (C=O) groups excluding carboxylic acids is 1. The van der Waals surface area contributed by atoms with E-state index in [1.807, 2.05) is 61.5 Å². The van der Waals surface area contributed by atoms with Gasteiger partial charge in [-0.05, 0) is 42.8 Å². The highest BCUT2D eigenvalue weighted by Gasteiger charge is 2.16. The summed E-state index contributed by atoms with van der Waals surface area (Å²) in [5.41, 5.74) is 3.72. The molecule has 1 heterocycles. The first-order valence-electron chi connectivity index (χ1n) is 7.33. The molecule has 3 nitrogen and oxygen atoms in total. The molecule has 0 radical (unpaired) electrons. The van der Waals surface area contributed by atoms with Crippen LogP contribution in [0.5, 0.6) is 0 Å². The van der Waals surface area contributed by atoms with E-state index >= 15 is 0 Å². The number of carbonyl (C=O) groups is 1. The van der Waals surface area contributed by atoms with Crippen molar-refractivity contribution in [2.75, 3.05) is 7.11 Å². The van der Waals surface area contributed by atoms with Gasteiger partial charge in [0, 0.05) is 16.0 Å². The molecule has 0 fully saturated rings. The predicted molar refractivity (Wildman–Crippen MR) is 92.6 cm³/mol. The van der Waals surface area contributed by atoms with Crippen molar-refractivity contribution in [3.05, 3.63) is 65.2 Å². The average molecular weight is 326 g/mol. The molecule has 0 amide bonds. The van der Waals surface area contributed by atoms with Crippen molar-refractivity contribution in [3.8, 4) is 11.3 Å². The molecule has 4 heteroatoms. The molecule has 0 aliphatic carbocycles. The molecule has 2 aromatic carbocycles. The largest absolute Gasteiger partial charge is 0.469 e. The molecule has 0 bridgehead atoms. The summed E-state index contributed by atoms with van der Waals surface area (Å²) in [5.74, 6) is -0.532. The van der Waals surface area contributed by atoms with Crippen LogP contribution in [0.2, 0.25) is 5.02 Å². The van der Waals surface area contributed by atoms with E-state index in [0.29, 0.717) is 5.02 Å². The Balaban J connectivity index is 1.98. The number of halogens is 1. The van der Waals surface area contributed by atoms with Crippen LogP contribution in [0.4, 0.5) is 0 Å². The van der Waals surface area contributed by atoms with Gasteiger partial charge in [-0.3, -0.25) is 4.79 Å². The van der Waals surface area contributed by atoms with Crippen molar-refractivity contribution >= 4 is 28.5 Å². The van der Waals surface area contributed by atoms with Gasteiger partial charge in [-0.15, -0.1) is 0 Å². The van der Waals surface area contributed by atoms with Gasteiger partial charge < -0.3 is 4.74 Å². The van der Waals surface area contributed by atoms with Crippen molar-refractivity contribution in [2.24, 2.45) is 0 Å². The summed E-state index contributed by atoms with van der Waals surface area (Å²) in [6.07, 6.45) is 0. The number of nitrogens with zero attached hydrogens (tertiary/aromatic N) is 1. The van der Waals surface area contributed by atoms with E-state index in [-0.39, 0.29) is 11.9 Å². The van der Waals surface area contributed by atoms with Crippen LogP contribution in [-0.4, -0.2) is 18.1 Å². The van der Waals surface area contributed by atoms with Crippen molar-refractivity contribution in [2.45, 2.75) is 12.8 Å². The molecule has 0 aliphatic rings. The lowest BCUT2D eigenvalue weighted by molar-refractivity contribution is -0.141. The second kappa shape index (κ2) is 6.39. The number of methoxy groups -OCH3 is 1. The molecule has 1 aromatic heterocycles. The Bertz CT molecular complexity index is 859. The van der Waals surface area contributed by atoms with Crippen LogP contribution in [-0.2, 0) is 9.53 Å². The quantitative estimate of drug-likeness (QED) is 0.647. The van der Waals surface area contributed by atoms with Crippen LogP contribution in [0.3, 0.4) is 0 Å². The minimum atomic E-state index is -0.291. The summed E-state index contributed by atoms with van der Waals surface area (Å²) in [6, 6.07) is 17.4. The van der Waals surface area contributed by atoms with E-state index in [1.54, 1.807) is 0 Å². The molecular formula is C19H16ClNO2. The van der Waals surface area contributed by atoms with Gasteiger partial charge >= 0.3 is 5.97 Å². The first-order chi connectivity index (χ1) is 11.1. The highest BCUT2D eigenvalue weighted by Crippen LogP contribution is 2.25. The van der Waals surface area contributed by atoms with Gasteiger partial charge in [-0.2, -0.15) is 0 Å². The Labute approximate surface area is 139 Å². The second-order valence-electron chi connectivity index (χ2n) is 5.40. The SMILES string of the molecule is COC(=O)C(C)c1ccc2nc(-c3ccc(Cl)cc3)ccc2c1. The van der Waals surface area contributed by atoms with Crippen LogP contribution >= 0.6 is 11.6 Å². The Morgan fingerprint density at radius 2 is 1.83 bits per heavy atom. The fraction of sp³-hybridized carbons (Fsp3) is 0.158. The summed E-state index contributed by atoms with van der Waals surface area (Å²) in [6.45, 7) is 1.84. The van der Waals surface area contributed by atoms with E-state index in [1.165, 1.54) is 7.11 Å². The van der Waals surface area contributed by atoms with Gasteiger partial charge in [-0.1, -0.05) is 35.9 Å². The van der Waals surface area contributed by atoms with E-state index in [4.69, 9.17) is 16.3 Å². The number of ether oxygens (including phenoxy) is 1. The number of rotatable bonds is 3. The number of fused-ring (bicyclic) bond motifs is 1. The van der Waals surface area contributed by atoms with Gasteiger partial charge in [0.15, 0.2) is 0 Å². The highest BCUT2D eigenvalue weighted by molar-refractivity contribution is 6.30. The molecule has 116 valence electrons. The second-order valence-corrected chi connectivity index (χ2v) is 5.84. The fourth-order valence-corrected chi connectivity index (χ4v) is 2.63. The Morgan fingerprint density at radius 1 is 1.09 bits per heavy atom. The normalized spacial score (nSPS) is 12.1. The van der Waals surface area contributed by atoms with Gasteiger partial charge in [-0.25, -0.2) is 4.98 Å². The monoisotopic (exact) mass is 325 g/mol. The zero-order valence-corrected chi connectivity index (χ0v) is 13.7. The molecule has 1 unspecified atom stereocenters. The van der Waals surface area contributed by atoms with E-state index in [0.717, 1.165) is 27.7 Å². The maximum absolute atomic E-state index is 11.7. The molecule has 3 aromatic rings. The molecule has 0 N–H and O–H groups in total. The third kappa shape index (κ3) is 3.20. The molecule has 23 heavy (non-hydrogen) atoms. The van der Waals surface area contributed by atoms with Crippen molar-refractivity contribution in [3.63, 3.8) is 0 Å². The number of hydrogen-bond donors (Lipinski definition) is 0. The molecule has 0 aliphatic heterocycles. The molecular weight excluding hydrogens is 310 g/mol. The molecule has 0 spiro atoms. The van der Waals surface area contributed by atoms with E-state index < -0.39 is 0 Å². The van der Waals surface area contributed by atoms with Crippen LogP contribution in [0.15, 0.2) is 54.6 Å². The van der Waals surface area contributed by atoms with Crippen LogP contribution in [0, 0.1) is 0 Å². The molecule has 0 saturated heterocycles. The lowest BCUT2D eigenvalue weighted by Crippen LogP contribution is -2.10. The summed E-state index contributed by atoms with van der Waals surface area (Å²) in [7, 11) is 1.40. The van der Waals surface area contributed by atoms with Crippen molar-refractivity contribution < 1.29 is 9.53 Å². The minimum Gasteiger partial charge on any atom is -0.469 e. The van der Waals surface area contributed by atoms with Crippen LogP contribution in [0.1, 0.15) is 18.4 Å². The third-order valence-corrected chi connectivity index (χ3v) is 4.16. The van der Waals surface area contributed by atoms with Crippen LogP contribution < -0.4 is 0 Å². The van der Waals surface area contributed by atoms with E-state index in [2.05, 4.69) is 4.98 Å². The summed E-state index contributed by atoms with van der Waals surface area (Å²) >= 11 is 5.92. The standard InChI is InChI=1S/C19H16ClNO2/c1-12(19(22)23-2)14-5-9-18-15(11-14)6-10-17(21-18)13-3-7-16(20)8-4-13/h3-12H,1-2H3. The summed E-state index contributed by atoms with van der Waals surface area (Å²) in [5, 5.41) is 1.70. The van der Waals surface area contributed by atoms with Gasteiger partial charge in [0.2, 0.25) is 0 Å². The number of esters is 1. The van der Waals surface area contributed by atoms with Crippen molar-refractivity contribution in [1.29, 1.82) is 0 Å². The van der Waals surface area contributed by atoms with Gasteiger partial charge in [0.1, 0.15) is 0 Å². The first-order valence-corrected chi connectivity index (χ1v) is 7.71. The summed E-state index contributed by atoms with van der Waals surface area (Å²) < 4.78 is 4.80. The number of hydrogen-bond acceptors (Lipinski definition) is 3. The Hall–Kier alpha value is -2.39. The van der Waals surface area contributed by atoms with E-state index in [9.17, 15) is 4.79 Å². The van der Waals surface area contributed by atoms with Crippen molar-refractivity contribution in [1.82, 2.24) is 4.98 Å².